The molecule has 6 rings (SSSR count). The van der Waals surface area contributed by atoms with E-state index in [1.54, 1.807) is 5.38 Å². The fourth-order valence-electron chi connectivity index (χ4n) is 4.89. The van der Waals surface area contributed by atoms with E-state index in [1.165, 1.54) is 51.1 Å². The van der Waals surface area contributed by atoms with Crippen LogP contribution in [0.4, 0.5) is 0 Å². The zero-order valence-electron chi connectivity index (χ0n) is 23.0. The summed E-state index contributed by atoms with van der Waals surface area (Å²) in [7, 11) is 0. The summed E-state index contributed by atoms with van der Waals surface area (Å²) in [6.07, 6.45) is -0.777. The maximum atomic E-state index is 14.1. The van der Waals surface area contributed by atoms with Crippen molar-refractivity contribution in [3.8, 4) is 0 Å². The minimum absolute atomic E-state index is 0. The van der Waals surface area contributed by atoms with Crippen LogP contribution in [-0.4, -0.2) is 107 Å². The number of carbonyl (C=O) groups is 4. The third kappa shape index (κ3) is 8.00. The number of carbonyl (C=O) groups excluding carboxylic acids is 3. The quantitative estimate of drug-likeness (QED) is 0.132. The van der Waals surface area contributed by atoms with Crippen molar-refractivity contribution in [1.29, 1.82) is 0 Å². The Kier molecular flexibility index (Phi) is 11.8. The fraction of sp³-hybridized carbons (Fsp3) is 0.194. The van der Waals surface area contributed by atoms with E-state index in [9.17, 15) is 19.2 Å². The molecule has 0 spiro atoms. The summed E-state index contributed by atoms with van der Waals surface area (Å²) in [5, 5.41) is 17.0. The first kappa shape index (κ1) is 34.1. The molecule has 0 unspecified atom stereocenters. The number of esters is 1. The SMILES string of the molecule is O=C(O)Cc1csc(SC2=C(C(=O)OC(c3ccccc3)c3ccccc3)N3C(=O)[C@@H](NC(=O)Cc4ccsc4)[C@H]3SC2)n1.[KH]. The topological polar surface area (TPSA) is 126 Å². The monoisotopic (exact) mass is 703 g/mol. The molecule has 2 aromatic carbocycles. The Bertz CT molecular complexity index is 1680. The number of hydrogen-bond acceptors (Lipinski definition) is 10. The molecule has 4 heterocycles. The molecule has 0 radical (unpaired) electrons. The summed E-state index contributed by atoms with van der Waals surface area (Å²) < 4.78 is 6.73. The fourth-order valence-corrected chi connectivity index (χ4v) is 9.02. The zero-order chi connectivity index (χ0) is 30.6. The van der Waals surface area contributed by atoms with Crippen LogP contribution in [0.25, 0.3) is 0 Å². The van der Waals surface area contributed by atoms with Gasteiger partial charge in [0.25, 0.3) is 5.91 Å². The molecule has 1 fully saturated rings. The van der Waals surface area contributed by atoms with E-state index < -0.39 is 35.4 Å². The van der Waals surface area contributed by atoms with E-state index in [2.05, 4.69) is 10.3 Å². The molecule has 2 aromatic heterocycles. The van der Waals surface area contributed by atoms with E-state index in [4.69, 9.17) is 9.84 Å². The van der Waals surface area contributed by atoms with Crippen molar-refractivity contribution in [2.24, 2.45) is 0 Å². The minimum atomic E-state index is -0.988. The van der Waals surface area contributed by atoms with Gasteiger partial charge in [0.2, 0.25) is 5.91 Å². The first-order chi connectivity index (χ1) is 21.4. The van der Waals surface area contributed by atoms with Crippen LogP contribution in [0, 0.1) is 0 Å². The van der Waals surface area contributed by atoms with Crippen molar-refractivity contribution in [1.82, 2.24) is 15.2 Å². The number of thiazole rings is 1. The normalized spacial score (nSPS) is 17.3. The van der Waals surface area contributed by atoms with Gasteiger partial charge in [-0.2, -0.15) is 11.3 Å². The second kappa shape index (κ2) is 15.5. The standard InChI is InChI=1S/C31H25N3O6S4.K.H/c35-23(13-18-11-12-41-15-18)33-25-28(38)34-26(22(17-42-29(25)34)44-31-32-21(16-43-31)14-24(36)37)30(39)40-27(19-7-3-1-4-8-19)20-9-5-2-6-10-20;;/h1-12,15-16,25,27,29H,13-14,17H2,(H,33,35)(H,36,37);;/t25-,29-;;/m1../s1. The first-order valence-corrected chi connectivity index (χ1v) is 17.2. The van der Waals surface area contributed by atoms with E-state index in [0.29, 0.717) is 20.7 Å². The van der Waals surface area contributed by atoms with Crippen LogP contribution < -0.4 is 5.32 Å². The number of nitrogens with one attached hydrogen (secondary N) is 1. The molecular formula is C31H26KN3O6S4. The average Bonchev–Trinajstić information content (AvgIpc) is 3.71. The van der Waals surface area contributed by atoms with Crippen LogP contribution in [0.5, 0.6) is 0 Å². The molecule has 2 amide bonds. The van der Waals surface area contributed by atoms with Gasteiger partial charge < -0.3 is 15.2 Å². The predicted octanol–water partition coefficient (Wildman–Crippen LogP) is 4.46. The number of carboxylic acid groups (broad SMARTS) is 1. The number of amides is 2. The van der Waals surface area contributed by atoms with Crippen LogP contribution in [0.3, 0.4) is 0 Å². The maximum absolute atomic E-state index is 14.1. The molecule has 2 aliphatic rings. The molecule has 14 heteroatoms. The summed E-state index contributed by atoms with van der Waals surface area (Å²) in [6.45, 7) is 0. The first-order valence-electron chi connectivity index (χ1n) is 13.5. The number of thiophene rings is 1. The predicted molar refractivity (Wildman–Crippen MR) is 177 cm³/mol. The van der Waals surface area contributed by atoms with Crippen molar-refractivity contribution >= 4 is 121 Å². The van der Waals surface area contributed by atoms with Crippen molar-refractivity contribution in [3.05, 3.63) is 116 Å². The molecule has 45 heavy (non-hydrogen) atoms. The number of hydrogen-bond donors (Lipinski definition) is 2. The van der Waals surface area contributed by atoms with E-state index in [-0.39, 0.29) is 75.8 Å². The van der Waals surface area contributed by atoms with Gasteiger partial charge in [-0.1, -0.05) is 72.4 Å². The Morgan fingerprint density at radius 3 is 2.33 bits per heavy atom. The summed E-state index contributed by atoms with van der Waals surface area (Å²) >= 11 is 5.43. The number of aromatic nitrogens is 1. The molecule has 2 atom stereocenters. The van der Waals surface area contributed by atoms with Crippen molar-refractivity contribution in [3.63, 3.8) is 0 Å². The van der Waals surface area contributed by atoms with Crippen LogP contribution in [0.1, 0.15) is 28.5 Å². The van der Waals surface area contributed by atoms with Crippen LogP contribution in [0.15, 0.2) is 97.8 Å². The molecule has 0 saturated carbocycles. The summed E-state index contributed by atoms with van der Waals surface area (Å²) in [5.41, 5.74) is 2.94. The number of aliphatic carboxylic acids is 1. The van der Waals surface area contributed by atoms with Crippen LogP contribution >= 0.6 is 46.2 Å². The third-order valence-electron chi connectivity index (χ3n) is 6.89. The summed E-state index contributed by atoms with van der Waals surface area (Å²) in [4.78, 5) is 58.0. The molecule has 4 aromatic rings. The van der Waals surface area contributed by atoms with Crippen LogP contribution in [0.2, 0.25) is 0 Å². The van der Waals surface area contributed by atoms with Gasteiger partial charge in [0.15, 0.2) is 10.4 Å². The molecule has 0 aliphatic carbocycles. The molecule has 2 aliphatic heterocycles. The molecule has 0 bridgehead atoms. The van der Waals surface area contributed by atoms with Crippen molar-refractivity contribution in [2.75, 3.05) is 5.75 Å². The van der Waals surface area contributed by atoms with Gasteiger partial charge in [0, 0.05) is 16.0 Å². The molecule has 9 nitrogen and oxygen atoms in total. The average molecular weight is 704 g/mol. The number of carboxylic acids is 1. The number of ether oxygens (including phenoxy) is 1. The Morgan fingerprint density at radius 1 is 1.02 bits per heavy atom. The molecule has 1 saturated heterocycles. The number of β-lactam (4-membered cyclic amide) rings is 1. The number of rotatable bonds is 11. The summed E-state index contributed by atoms with van der Waals surface area (Å²) in [5.74, 6) is -1.95. The Balaban J connectivity index is 0.00000400. The summed E-state index contributed by atoms with van der Waals surface area (Å²) in [6, 6.07) is 19.8. The number of thioether (sulfide) groups is 2. The second-order valence-corrected chi connectivity index (χ2v) is 14.0. The Morgan fingerprint density at radius 2 is 1.71 bits per heavy atom. The van der Waals surface area contributed by atoms with Gasteiger partial charge >= 0.3 is 63.3 Å². The molecular weight excluding hydrogens is 678 g/mol. The third-order valence-corrected chi connectivity index (χ3v) is 11.2. The van der Waals surface area contributed by atoms with Crippen LogP contribution in [-0.2, 0) is 36.8 Å². The van der Waals surface area contributed by atoms with Gasteiger partial charge in [0.05, 0.1) is 18.5 Å². The van der Waals surface area contributed by atoms with Crippen molar-refractivity contribution < 1.29 is 29.0 Å². The van der Waals surface area contributed by atoms with Crippen molar-refractivity contribution in [2.45, 2.75) is 34.7 Å². The number of fused-ring (bicyclic) bond motifs is 1. The van der Waals surface area contributed by atoms with Gasteiger partial charge in [-0.15, -0.1) is 23.1 Å². The van der Waals surface area contributed by atoms with E-state index in [1.807, 2.05) is 77.5 Å². The van der Waals surface area contributed by atoms with Gasteiger partial charge in [-0.3, -0.25) is 19.3 Å². The number of nitrogens with zero attached hydrogens (tertiary/aromatic N) is 2. The zero-order valence-corrected chi connectivity index (χ0v) is 26.2. The Hall–Kier alpha value is -2.27. The van der Waals surface area contributed by atoms with Gasteiger partial charge in [0.1, 0.15) is 17.1 Å². The Labute approximate surface area is 318 Å². The second-order valence-electron chi connectivity index (χ2n) is 9.92. The van der Waals surface area contributed by atoms with Gasteiger partial charge in [-0.05, 0) is 33.5 Å². The van der Waals surface area contributed by atoms with E-state index in [0.717, 1.165) is 16.7 Å². The van der Waals surface area contributed by atoms with Gasteiger partial charge in [-0.25, -0.2) is 9.78 Å². The number of benzene rings is 2. The molecule has 226 valence electrons. The van der Waals surface area contributed by atoms with E-state index >= 15 is 0 Å². The molecule has 2 N–H and O–H groups in total.